The second-order valence-corrected chi connectivity index (χ2v) is 8.70. The summed E-state index contributed by atoms with van der Waals surface area (Å²) < 4.78 is 6.02. The summed E-state index contributed by atoms with van der Waals surface area (Å²) in [4.78, 5) is 12.3. The Kier molecular flexibility index (Phi) is 5.99. The Morgan fingerprint density at radius 2 is 1.67 bits per heavy atom. The average molecular weight is 438 g/mol. The van der Waals surface area contributed by atoms with Crippen molar-refractivity contribution in [3.63, 3.8) is 0 Å². The van der Waals surface area contributed by atoms with Gasteiger partial charge in [-0.3, -0.25) is 4.79 Å². The molecule has 4 aromatic carbocycles. The van der Waals surface area contributed by atoms with Crippen LogP contribution < -0.4 is 10.1 Å². The first-order chi connectivity index (χ1) is 16.1. The third kappa shape index (κ3) is 5.17. The number of amides is 1. The summed E-state index contributed by atoms with van der Waals surface area (Å²) in [6, 6.07) is 27.5. The Labute approximate surface area is 193 Å². The topological polar surface area (TPSA) is 58.6 Å². The van der Waals surface area contributed by atoms with E-state index in [0.717, 1.165) is 51.7 Å². The van der Waals surface area contributed by atoms with Gasteiger partial charge in [0.1, 0.15) is 11.5 Å². The minimum absolute atomic E-state index is 0.0447. The lowest BCUT2D eigenvalue weighted by Crippen LogP contribution is -2.24. The van der Waals surface area contributed by atoms with E-state index in [1.54, 1.807) is 12.1 Å². The van der Waals surface area contributed by atoms with Gasteiger partial charge in [-0.25, -0.2) is 0 Å². The molecular weight excluding hydrogens is 410 g/mol. The van der Waals surface area contributed by atoms with Gasteiger partial charge < -0.3 is 15.2 Å². The van der Waals surface area contributed by atoms with Crippen LogP contribution in [0.3, 0.4) is 0 Å². The van der Waals surface area contributed by atoms with E-state index in [-0.39, 0.29) is 11.7 Å². The van der Waals surface area contributed by atoms with Crippen LogP contribution in [0.4, 0.5) is 5.69 Å². The molecule has 0 radical (unpaired) electrons. The molecule has 5 rings (SSSR count). The molecule has 1 saturated carbocycles. The molecule has 0 aromatic heterocycles. The van der Waals surface area contributed by atoms with Gasteiger partial charge in [0.2, 0.25) is 5.91 Å². The van der Waals surface area contributed by atoms with E-state index in [1.807, 2.05) is 42.5 Å². The van der Waals surface area contributed by atoms with Crippen molar-refractivity contribution in [2.45, 2.75) is 38.2 Å². The van der Waals surface area contributed by atoms with Gasteiger partial charge in [0.05, 0.1) is 6.10 Å². The number of benzene rings is 4. The zero-order valence-electron chi connectivity index (χ0n) is 18.5. The molecule has 1 fully saturated rings. The third-order valence-corrected chi connectivity index (χ3v) is 6.18. The molecular formula is C29H27NO3. The van der Waals surface area contributed by atoms with Gasteiger partial charge >= 0.3 is 0 Å². The molecule has 4 heteroatoms. The summed E-state index contributed by atoms with van der Waals surface area (Å²) in [5.41, 5.74) is 3.68. The van der Waals surface area contributed by atoms with Crippen molar-refractivity contribution in [1.82, 2.24) is 0 Å². The van der Waals surface area contributed by atoms with Gasteiger partial charge in [0.25, 0.3) is 0 Å². The Hall–Kier alpha value is -3.79. The molecule has 0 atom stereocenters. The first-order valence-corrected chi connectivity index (χ1v) is 11.5. The molecule has 33 heavy (non-hydrogen) atoms. The van der Waals surface area contributed by atoms with Gasteiger partial charge in [-0.1, -0.05) is 42.5 Å². The van der Waals surface area contributed by atoms with Crippen LogP contribution in [0.1, 0.15) is 31.2 Å². The highest BCUT2D eigenvalue weighted by Gasteiger charge is 2.19. The minimum atomic E-state index is -0.0447. The quantitative estimate of drug-likeness (QED) is 0.338. The summed E-state index contributed by atoms with van der Waals surface area (Å²) in [6.07, 6.45) is 4.80. The van der Waals surface area contributed by atoms with Crippen LogP contribution in [0, 0.1) is 0 Å². The maximum absolute atomic E-state index is 12.3. The van der Waals surface area contributed by atoms with E-state index in [0.29, 0.717) is 18.9 Å². The lowest BCUT2D eigenvalue weighted by molar-refractivity contribution is -0.116. The summed E-state index contributed by atoms with van der Waals surface area (Å²) in [5, 5.41) is 15.5. The zero-order valence-corrected chi connectivity index (χ0v) is 18.5. The SMILES string of the molecule is O=C(CCc1cc(O)cc(-c2ccc3cc(OC4CCC4)ccc3c2)c1)Nc1ccccc1. The number of para-hydroxylation sites is 1. The number of phenols is 1. The fourth-order valence-corrected chi connectivity index (χ4v) is 4.15. The number of aryl methyl sites for hydroxylation is 1. The number of nitrogens with one attached hydrogen (secondary N) is 1. The number of rotatable bonds is 7. The molecule has 0 unspecified atom stereocenters. The Morgan fingerprint density at radius 3 is 2.45 bits per heavy atom. The normalized spacial score (nSPS) is 13.5. The number of phenolic OH excluding ortho intramolecular Hbond substituents is 1. The number of anilines is 1. The van der Waals surface area contributed by atoms with E-state index in [2.05, 4.69) is 35.6 Å². The van der Waals surface area contributed by atoms with Crippen molar-refractivity contribution in [3.05, 3.63) is 90.5 Å². The van der Waals surface area contributed by atoms with Gasteiger partial charge in [-0.15, -0.1) is 0 Å². The van der Waals surface area contributed by atoms with Crippen LogP contribution in [0.5, 0.6) is 11.5 Å². The second kappa shape index (κ2) is 9.37. The summed E-state index contributed by atoms with van der Waals surface area (Å²) in [7, 11) is 0. The van der Waals surface area contributed by atoms with E-state index in [9.17, 15) is 9.90 Å². The van der Waals surface area contributed by atoms with Crippen molar-refractivity contribution in [1.29, 1.82) is 0 Å². The first kappa shape index (κ1) is 21.1. The first-order valence-electron chi connectivity index (χ1n) is 11.5. The molecule has 0 bridgehead atoms. The molecule has 1 aliphatic rings. The van der Waals surface area contributed by atoms with E-state index >= 15 is 0 Å². The number of carbonyl (C=O) groups is 1. The molecule has 0 spiro atoms. The average Bonchev–Trinajstić information content (AvgIpc) is 2.80. The van der Waals surface area contributed by atoms with Crippen molar-refractivity contribution in [2.24, 2.45) is 0 Å². The predicted octanol–water partition coefficient (Wildman–Crippen LogP) is 6.72. The smallest absolute Gasteiger partial charge is 0.224 e. The molecule has 0 saturated heterocycles. The number of hydrogen-bond acceptors (Lipinski definition) is 3. The van der Waals surface area contributed by atoms with Crippen molar-refractivity contribution in [3.8, 4) is 22.6 Å². The van der Waals surface area contributed by atoms with Gasteiger partial charge in [-0.2, -0.15) is 0 Å². The Balaban J connectivity index is 1.30. The van der Waals surface area contributed by atoms with Crippen LogP contribution >= 0.6 is 0 Å². The molecule has 0 heterocycles. The number of fused-ring (bicyclic) bond motifs is 1. The van der Waals surface area contributed by atoms with Crippen LogP contribution in [0.25, 0.3) is 21.9 Å². The molecule has 1 amide bonds. The third-order valence-electron chi connectivity index (χ3n) is 6.18. The second-order valence-electron chi connectivity index (χ2n) is 8.70. The molecule has 166 valence electrons. The number of ether oxygens (including phenoxy) is 1. The molecule has 4 aromatic rings. The van der Waals surface area contributed by atoms with Crippen LogP contribution in [-0.4, -0.2) is 17.1 Å². The van der Waals surface area contributed by atoms with Gasteiger partial charge in [0, 0.05) is 12.1 Å². The largest absolute Gasteiger partial charge is 0.508 e. The maximum atomic E-state index is 12.3. The highest BCUT2D eigenvalue weighted by Crippen LogP contribution is 2.32. The van der Waals surface area contributed by atoms with Crippen molar-refractivity contribution < 1.29 is 14.6 Å². The standard InChI is InChI=1S/C29H27NO3/c31-26-16-20(9-14-29(32)30-25-5-2-1-3-6-25)15-24(18-26)22-10-11-23-19-28(13-12-21(23)17-22)33-27-7-4-8-27/h1-3,5-6,10-13,15-19,27,31H,4,7-9,14H2,(H,30,32). The highest BCUT2D eigenvalue weighted by molar-refractivity contribution is 5.91. The lowest BCUT2D eigenvalue weighted by atomic mass is 9.96. The molecule has 0 aliphatic heterocycles. The lowest BCUT2D eigenvalue weighted by Gasteiger charge is -2.26. The van der Waals surface area contributed by atoms with Crippen LogP contribution in [0.15, 0.2) is 84.9 Å². The van der Waals surface area contributed by atoms with E-state index < -0.39 is 0 Å². The minimum Gasteiger partial charge on any atom is -0.508 e. The molecule has 4 nitrogen and oxygen atoms in total. The van der Waals surface area contributed by atoms with Gasteiger partial charge in [0.15, 0.2) is 0 Å². The summed E-state index contributed by atoms with van der Waals surface area (Å²) in [6.45, 7) is 0. The number of hydrogen-bond donors (Lipinski definition) is 2. The van der Waals surface area contributed by atoms with Gasteiger partial charge in [-0.05, 0) is 95.6 Å². The zero-order chi connectivity index (χ0) is 22.6. The highest BCUT2D eigenvalue weighted by atomic mass is 16.5. The van der Waals surface area contributed by atoms with Crippen LogP contribution in [-0.2, 0) is 11.2 Å². The van der Waals surface area contributed by atoms with Crippen LogP contribution in [0.2, 0.25) is 0 Å². The number of aromatic hydroxyl groups is 1. The predicted molar refractivity (Wildman–Crippen MR) is 133 cm³/mol. The summed E-state index contributed by atoms with van der Waals surface area (Å²) >= 11 is 0. The fraction of sp³-hybridized carbons (Fsp3) is 0.207. The van der Waals surface area contributed by atoms with E-state index in [1.165, 1.54) is 6.42 Å². The molecule has 2 N–H and O–H groups in total. The Bertz CT molecular complexity index is 1280. The van der Waals surface area contributed by atoms with Crippen molar-refractivity contribution >= 4 is 22.4 Å². The monoisotopic (exact) mass is 437 g/mol. The fourth-order valence-electron chi connectivity index (χ4n) is 4.15. The van der Waals surface area contributed by atoms with Crippen molar-refractivity contribution in [2.75, 3.05) is 5.32 Å². The number of carbonyl (C=O) groups excluding carboxylic acids is 1. The molecule has 1 aliphatic carbocycles. The van der Waals surface area contributed by atoms with E-state index in [4.69, 9.17) is 4.74 Å². The maximum Gasteiger partial charge on any atom is 0.224 e. The summed E-state index contributed by atoms with van der Waals surface area (Å²) in [5.74, 6) is 1.08. The Morgan fingerprint density at radius 1 is 0.879 bits per heavy atom.